The number of carbonyl (C=O) groups is 1. The Balaban J connectivity index is 1.30. The molecule has 2 aromatic carbocycles. The number of fused-ring (bicyclic) bond motifs is 4. The van der Waals surface area contributed by atoms with Crippen molar-refractivity contribution in [3.8, 4) is 17.1 Å². The second-order valence-corrected chi connectivity index (χ2v) is 13.7. The molecule has 246 valence electrons. The topological polar surface area (TPSA) is 101 Å². The number of ether oxygens (including phenoxy) is 1. The molecule has 2 atom stereocenters. The lowest BCUT2D eigenvalue weighted by Gasteiger charge is -2.47. The van der Waals surface area contributed by atoms with Crippen molar-refractivity contribution >= 4 is 49.3 Å². The molecular formula is C32H30F5N7O2S. The molecule has 0 radical (unpaired) electrons. The van der Waals surface area contributed by atoms with Crippen LogP contribution in [0.4, 0.5) is 32.9 Å². The zero-order valence-corrected chi connectivity index (χ0v) is 25.9. The van der Waals surface area contributed by atoms with Crippen molar-refractivity contribution in [2.45, 2.75) is 55.9 Å². The Labute approximate surface area is 269 Å². The van der Waals surface area contributed by atoms with Crippen LogP contribution in [-0.2, 0) is 11.0 Å². The number of nitrogen functional groups attached to an aromatic ring is 1. The Morgan fingerprint density at radius 1 is 1.11 bits per heavy atom. The highest BCUT2D eigenvalue weighted by Gasteiger charge is 2.50. The molecule has 6 heterocycles. The van der Waals surface area contributed by atoms with Gasteiger partial charge in [0.2, 0.25) is 5.91 Å². The maximum Gasteiger partial charge on any atom is 0.417 e. The summed E-state index contributed by atoms with van der Waals surface area (Å²) >= 11 is 0.765. The van der Waals surface area contributed by atoms with Crippen LogP contribution in [0.1, 0.15) is 37.7 Å². The van der Waals surface area contributed by atoms with Crippen LogP contribution in [0.5, 0.6) is 6.01 Å². The molecule has 1 unspecified atom stereocenters. The van der Waals surface area contributed by atoms with Gasteiger partial charge in [-0.2, -0.15) is 23.1 Å². The van der Waals surface area contributed by atoms with Crippen LogP contribution in [0.15, 0.2) is 30.9 Å². The van der Waals surface area contributed by atoms with Gasteiger partial charge in [-0.25, -0.2) is 13.8 Å². The van der Waals surface area contributed by atoms with E-state index in [9.17, 15) is 22.4 Å². The van der Waals surface area contributed by atoms with E-state index in [1.54, 1.807) is 9.80 Å². The smallest absolute Gasteiger partial charge is 0.417 e. The summed E-state index contributed by atoms with van der Waals surface area (Å²) in [6.07, 6.45) is 0.689. The third kappa shape index (κ3) is 4.64. The third-order valence-electron chi connectivity index (χ3n) is 10.3. The van der Waals surface area contributed by atoms with Gasteiger partial charge in [-0.3, -0.25) is 9.69 Å². The Kier molecular flexibility index (Phi) is 6.89. The van der Waals surface area contributed by atoms with Crippen molar-refractivity contribution in [2.24, 2.45) is 0 Å². The summed E-state index contributed by atoms with van der Waals surface area (Å²) in [5, 5.41) is -0.211. The number of amides is 1. The van der Waals surface area contributed by atoms with E-state index in [0.717, 1.165) is 68.3 Å². The number of likely N-dealkylation sites (tertiary alicyclic amines) is 1. The predicted molar refractivity (Wildman–Crippen MR) is 167 cm³/mol. The highest BCUT2D eigenvalue weighted by molar-refractivity contribution is 7.22. The van der Waals surface area contributed by atoms with Gasteiger partial charge in [0, 0.05) is 29.6 Å². The average Bonchev–Trinajstić information content (AvgIpc) is 3.78. The maximum atomic E-state index is 16.9. The van der Waals surface area contributed by atoms with E-state index in [4.69, 9.17) is 10.5 Å². The minimum Gasteiger partial charge on any atom is -0.461 e. The SMILES string of the molecule is C=CC(=O)N1CCC2[C@H]1CN2c1nc(OCC23CCCN2CCC3)nc2c(F)c(-c3ccc(F)c4sc(N)nc34)c(C(F)(F)F)cc12. The van der Waals surface area contributed by atoms with Crippen LogP contribution < -0.4 is 15.4 Å². The second kappa shape index (κ2) is 10.7. The first-order valence-electron chi connectivity index (χ1n) is 15.5. The summed E-state index contributed by atoms with van der Waals surface area (Å²) in [5.74, 6) is -2.11. The Morgan fingerprint density at radius 3 is 2.60 bits per heavy atom. The minimum absolute atomic E-state index is 0.0680. The zero-order chi connectivity index (χ0) is 32.8. The monoisotopic (exact) mass is 671 g/mol. The van der Waals surface area contributed by atoms with Crippen molar-refractivity contribution in [1.82, 2.24) is 24.8 Å². The number of anilines is 2. The van der Waals surface area contributed by atoms with E-state index >= 15 is 4.39 Å². The highest BCUT2D eigenvalue weighted by atomic mass is 32.1. The number of rotatable bonds is 6. The number of benzene rings is 2. The van der Waals surface area contributed by atoms with E-state index in [2.05, 4.69) is 26.4 Å². The summed E-state index contributed by atoms with van der Waals surface area (Å²) in [6, 6.07) is 2.33. The van der Waals surface area contributed by atoms with Crippen LogP contribution in [-0.4, -0.2) is 81.1 Å². The van der Waals surface area contributed by atoms with Gasteiger partial charge >= 0.3 is 12.2 Å². The Bertz CT molecular complexity index is 1960. The van der Waals surface area contributed by atoms with Crippen LogP contribution in [0.2, 0.25) is 0 Å². The molecule has 4 fully saturated rings. The molecule has 0 spiro atoms. The molecule has 8 rings (SSSR count). The number of carbonyl (C=O) groups excluding carboxylic acids is 1. The quantitative estimate of drug-likeness (QED) is 0.204. The van der Waals surface area contributed by atoms with Gasteiger partial charge in [0.1, 0.15) is 23.8 Å². The first kappa shape index (κ1) is 30.2. The number of nitrogens with zero attached hydrogens (tertiary/aromatic N) is 6. The van der Waals surface area contributed by atoms with E-state index in [1.807, 2.05) is 0 Å². The Morgan fingerprint density at radius 2 is 1.87 bits per heavy atom. The number of halogens is 5. The number of aromatic nitrogens is 3. The number of alkyl halides is 3. The molecule has 0 aliphatic carbocycles. The standard InChI is InChI=1S/C32H30F5N7O2S/c1-2-22(45)43-12-7-20-21(43)14-44(20)28-17-13-18(32(35,36)37)23(16-5-6-19(33)27-26(16)39-29(38)47-27)24(34)25(17)40-30(41-28)46-15-31-8-3-10-42(31)11-4-9-31/h2,5-6,13,20-21H,1,3-4,7-12,14-15H2,(H2,38,39)/t20?,21-/m1/s1. The molecule has 47 heavy (non-hydrogen) atoms. The Hall–Kier alpha value is -4.11. The summed E-state index contributed by atoms with van der Waals surface area (Å²) in [5.41, 5.74) is 2.74. The van der Waals surface area contributed by atoms with Crippen molar-refractivity contribution < 1.29 is 31.5 Å². The van der Waals surface area contributed by atoms with Crippen LogP contribution in [0.25, 0.3) is 32.2 Å². The van der Waals surface area contributed by atoms with Gasteiger partial charge in [-0.05, 0) is 69.5 Å². The molecule has 1 amide bonds. The lowest BCUT2D eigenvalue weighted by molar-refractivity contribution is -0.137. The molecule has 0 bridgehead atoms. The first-order valence-corrected chi connectivity index (χ1v) is 16.3. The number of hydrogen-bond acceptors (Lipinski definition) is 9. The van der Waals surface area contributed by atoms with E-state index in [-0.39, 0.29) is 80.3 Å². The van der Waals surface area contributed by atoms with Gasteiger partial charge in [0.15, 0.2) is 10.9 Å². The summed E-state index contributed by atoms with van der Waals surface area (Å²) < 4.78 is 82.1. The van der Waals surface area contributed by atoms with Crippen molar-refractivity contribution in [1.29, 1.82) is 0 Å². The number of hydrogen-bond donors (Lipinski definition) is 1. The molecule has 4 aliphatic rings. The summed E-state index contributed by atoms with van der Waals surface area (Å²) in [6.45, 7) is 6.47. The largest absolute Gasteiger partial charge is 0.461 e. The number of nitrogens with two attached hydrogens (primary N) is 1. The fourth-order valence-corrected chi connectivity index (χ4v) is 8.83. The van der Waals surface area contributed by atoms with Gasteiger partial charge in [-0.15, -0.1) is 0 Å². The molecule has 2 N–H and O–H groups in total. The number of thiazole rings is 1. The van der Waals surface area contributed by atoms with Crippen molar-refractivity contribution in [2.75, 3.05) is 43.4 Å². The lowest BCUT2D eigenvalue weighted by Crippen LogP contribution is -2.63. The average molecular weight is 672 g/mol. The van der Waals surface area contributed by atoms with Gasteiger partial charge < -0.3 is 20.3 Å². The maximum absolute atomic E-state index is 16.9. The molecular weight excluding hydrogens is 641 g/mol. The molecule has 0 saturated carbocycles. The van der Waals surface area contributed by atoms with Crippen LogP contribution in [0.3, 0.4) is 0 Å². The molecule has 15 heteroatoms. The zero-order valence-electron chi connectivity index (χ0n) is 25.1. The summed E-state index contributed by atoms with van der Waals surface area (Å²) in [7, 11) is 0. The fraction of sp³-hybridized carbons (Fsp3) is 0.438. The lowest BCUT2D eigenvalue weighted by atomic mass is 9.93. The van der Waals surface area contributed by atoms with E-state index in [1.165, 1.54) is 6.08 Å². The van der Waals surface area contributed by atoms with Crippen molar-refractivity contribution in [3.63, 3.8) is 0 Å². The van der Waals surface area contributed by atoms with E-state index < -0.39 is 28.9 Å². The van der Waals surface area contributed by atoms with Gasteiger partial charge in [0.25, 0.3) is 0 Å². The molecule has 2 aromatic heterocycles. The molecule has 4 aliphatic heterocycles. The third-order valence-corrected chi connectivity index (χ3v) is 11.2. The van der Waals surface area contributed by atoms with Gasteiger partial charge in [0.05, 0.1) is 33.4 Å². The molecule has 9 nitrogen and oxygen atoms in total. The van der Waals surface area contributed by atoms with E-state index in [0.29, 0.717) is 13.0 Å². The molecule has 4 saturated heterocycles. The summed E-state index contributed by atoms with van der Waals surface area (Å²) in [4.78, 5) is 31.4. The minimum atomic E-state index is -5.01. The van der Waals surface area contributed by atoms with Crippen LogP contribution in [0, 0.1) is 11.6 Å². The predicted octanol–water partition coefficient (Wildman–Crippen LogP) is 5.77. The first-order chi connectivity index (χ1) is 22.5. The fourth-order valence-electron chi connectivity index (χ4n) is 8.07. The highest BCUT2D eigenvalue weighted by Crippen LogP contribution is 2.48. The second-order valence-electron chi connectivity index (χ2n) is 12.7. The van der Waals surface area contributed by atoms with Crippen LogP contribution >= 0.6 is 11.3 Å². The molecule has 4 aromatic rings. The van der Waals surface area contributed by atoms with Gasteiger partial charge in [-0.1, -0.05) is 17.9 Å². The normalized spacial score (nSPS) is 22.1. The van der Waals surface area contributed by atoms with Crippen molar-refractivity contribution in [3.05, 3.63) is 48.1 Å².